The Balaban J connectivity index is 1.56. The minimum atomic E-state index is -0.118. The highest BCUT2D eigenvalue weighted by Crippen LogP contribution is 2.23. The Labute approximate surface area is 169 Å². The quantitative estimate of drug-likeness (QED) is 0.445. The monoisotopic (exact) mass is 378 g/mol. The van der Waals surface area contributed by atoms with E-state index in [0.29, 0.717) is 0 Å². The van der Waals surface area contributed by atoms with Crippen molar-refractivity contribution in [3.63, 3.8) is 0 Å². The van der Waals surface area contributed by atoms with Crippen LogP contribution >= 0.6 is 0 Å². The van der Waals surface area contributed by atoms with Crippen LogP contribution in [-0.4, -0.2) is 19.5 Å². The SMILES string of the molecule is CCCCCOc1ccc(C#Cc2ccc(OC3CCCCO3)c(C)c2)cc1. The Hall–Kier alpha value is -2.44. The van der Waals surface area contributed by atoms with Gasteiger partial charge in [0.05, 0.1) is 13.2 Å². The van der Waals surface area contributed by atoms with Gasteiger partial charge < -0.3 is 14.2 Å². The van der Waals surface area contributed by atoms with Crippen LogP contribution in [0.25, 0.3) is 0 Å². The number of hydrogen-bond acceptors (Lipinski definition) is 3. The molecule has 1 heterocycles. The Kier molecular flexibility index (Phi) is 7.82. The van der Waals surface area contributed by atoms with E-state index in [1.807, 2.05) is 43.3 Å². The van der Waals surface area contributed by atoms with Crippen LogP contribution in [0.15, 0.2) is 42.5 Å². The molecule has 3 heteroatoms. The van der Waals surface area contributed by atoms with Crippen molar-refractivity contribution in [2.45, 2.75) is 58.7 Å². The molecule has 0 saturated carbocycles. The molecule has 3 nitrogen and oxygen atoms in total. The molecule has 0 N–H and O–H groups in total. The van der Waals surface area contributed by atoms with Gasteiger partial charge in [-0.15, -0.1) is 0 Å². The van der Waals surface area contributed by atoms with E-state index in [4.69, 9.17) is 14.2 Å². The Bertz CT molecular complexity index is 793. The summed E-state index contributed by atoms with van der Waals surface area (Å²) in [6, 6.07) is 14.1. The van der Waals surface area contributed by atoms with E-state index in [9.17, 15) is 0 Å². The highest BCUT2D eigenvalue weighted by molar-refractivity contribution is 5.47. The molecule has 148 valence electrons. The Morgan fingerprint density at radius 2 is 1.79 bits per heavy atom. The average molecular weight is 379 g/mol. The number of rotatable bonds is 7. The fraction of sp³-hybridized carbons (Fsp3) is 0.440. The number of benzene rings is 2. The maximum absolute atomic E-state index is 5.98. The van der Waals surface area contributed by atoms with Gasteiger partial charge in [0.15, 0.2) is 6.29 Å². The first kappa shape index (κ1) is 20.3. The van der Waals surface area contributed by atoms with E-state index in [1.54, 1.807) is 0 Å². The Morgan fingerprint density at radius 3 is 2.50 bits per heavy atom. The molecule has 0 spiro atoms. The van der Waals surface area contributed by atoms with Crippen LogP contribution < -0.4 is 9.47 Å². The second-order valence-corrected chi connectivity index (χ2v) is 7.22. The van der Waals surface area contributed by atoms with Crippen LogP contribution in [0.3, 0.4) is 0 Å². The van der Waals surface area contributed by atoms with Crippen LogP contribution in [0.1, 0.15) is 62.1 Å². The molecule has 1 saturated heterocycles. The smallest absolute Gasteiger partial charge is 0.199 e. The fourth-order valence-electron chi connectivity index (χ4n) is 3.13. The first-order valence-electron chi connectivity index (χ1n) is 10.4. The molecule has 1 atom stereocenters. The summed E-state index contributed by atoms with van der Waals surface area (Å²) < 4.78 is 17.4. The van der Waals surface area contributed by atoms with Crippen LogP contribution in [0, 0.1) is 18.8 Å². The third kappa shape index (κ3) is 6.32. The van der Waals surface area contributed by atoms with E-state index >= 15 is 0 Å². The summed E-state index contributed by atoms with van der Waals surface area (Å²) in [6.45, 7) is 5.81. The second-order valence-electron chi connectivity index (χ2n) is 7.22. The number of hydrogen-bond donors (Lipinski definition) is 0. The van der Waals surface area contributed by atoms with E-state index in [0.717, 1.165) is 67.1 Å². The maximum atomic E-state index is 5.98. The lowest BCUT2D eigenvalue weighted by atomic mass is 10.1. The summed E-state index contributed by atoms with van der Waals surface area (Å²) in [5.74, 6) is 8.24. The predicted molar refractivity (Wildman–Crippen MR) is 113 cm³/mol. The van der Waals surface area contributed by atoms with Gasteiger partial charge in [-0.3, -0.25) is 0 Å². The molecule has 3 rings (SSSR count). The molecule has 1 aliphatic rings. The summed E-state index contributed by atoms with van der Waals surface area (Å²) in [6.07, 6.45) is 6.64. The van der Waals surface area contributed by atoms with E-state index in [1.165, 1.54) is 12.8 Å². The largest absolute Gasteiger partial charge is 0.494 e. The van der Waals surface area contributed by atoms with Crippen molar-refractivity contribution in [2.24, 2.45) is 0 Å². The van der Waals surface area contributed by atoms with Crippen molar-refractivity contribution in [2.75, 3.05) is 13.2 Å². The fourth-order valence-corrected chi connectivity index (χ4v) is 3.13. The van der Waals surface area contributed by atoms with Crippen LogP contribution in [0.4, 0.5) is 0 Å². The normalized spacial score (nSPS) is 16.1. The van der Waals surface area contributed by atoms with Gasteiger partial charge in [0.2, 0.25) is 0 Å². The van der Waals surface area contributed by atoms with Gasteiger partial charge in [0, 0.05) is 17.5 Å². The molecule has 0 amide bonds. The van der Waals surface area contributed by atoms with E-state index in [-0.39, 0.29) is 6.29 Å². The summed E-state index contributed by atoms with van der Waals surface area (Å²) in [4.78, 5) is 0. The van der Waals surface area contributed by atoms with Gasteiger partial charge in [0.1, 0.15) is 11.5 Å². The lowest BCUT2D eigenvalue weighted by Crippen LogP contribution is -2.25. The number of ether oxygens (including phenoxy) is 3. The minimum absolute atomic E-state index is 0.118. The first-order chi connectivity index (χ1) is 13.7. The standard InChI is InChI=1S/C25H30O3/c1-3-4-6-17-26-23-14-11-21(12-15-23)9-10-22-13-16-24(20(2)19-22)28-25-8-5-7-18-27-25/h11-16,19,25H,3-8,17-18H2,1-2H3. The van der Waals surface area contributed by atoms with Crippen molar-refractivity contribution in [1.82, 2.24) is 0 Å². The molecule has 2 aromatic carbocycles. The molecule has 1 aliphatic heterocycles. The minimum Gasteiger partial charge on any atom is -0.494 e. The molecular weight excluding hydrogens is 348 g/mol. The zero-order valence-electron chi connectivity index (χ0n) is 17.0. The molecule has 0 bridgehead atoms. The zero-order valence-corrected chi connectivity index (χ0v) is 17.0. The average Bonchev–Trinajstić information content (AvgIpc) is 2.73. The zero-order chi connectivity index (χ0) is 19.6. The summed E-state index contributed by atoms with van der Waals surface area (Å²) in [5.41, 5.74) is 3.04. The van der Waals surface area contributed by atoms with Gasteiger partial charge in [-0.1, -0.05) is 31.6 Å². The van der Waals surface area contributed by atoms with Crippen LogP contribution in [-0.2, 0) is 4.74 Å². The second kappa shape index (κ2) is 10.8. The van der Waals surface area contributed by atoms with Gasteiger partial charge >= 0.3 is 0 Å². The Morgan fingerprint density at radius 1 is 1.00 bits per heavy atom. The van der Waals surface area contributed by atoms with Gasteiger partial charge in [-0.2, -0.15) is 0 Å². The highest BCUT2D eigenvalue weighted by atomic mass is 16.7. The van der Waals surface area contributed by atoms with Gasteiger partial charge in [-0.05, 0) is 74.2 Å². The molecule has 28 heavy (non-hydrogen) atoms. The van der Waals surface area contributed by atoms with Crippen molar-refractivity contribution in [3.05, 3.63) is 59.2 Å². The lowest BCUT2D eigenvalue weighted by Gasteiger charge is -2.24. The van der Waals surface area contributed by atoms with Gasteiger partial charge in [-0.25, -0.2) is 0 Å². The van der Waals surface area contributed by atoms with Gasteiger partial charge in [0.25, 0.3) is 0 Å². The number of unbranched alkanes of at least 4 members (excludes halogenated alkanes) is 2. The van der Waals surface area contributed by atoms with Crippen molar-refractivity contribution in [3.8, 4) is 23.3 Å². The summed E-state index contributed by atoms with van der Waals surface area (Å²) in [5, 5.41) is 0. The van der Waals surface area contributed by atoms with Crippen LogP contribution in [0.2, 0.25) is 0 Å². The highest BCUT2D eigenvalue weighted by Gasteiger charge is 2.16. The third-order valence-corrected chi connectivity index (χ3v) is 4.79. The van der Waals surface area contributed by atoms with E-state index < -0.39 is 0 Å². The first-order valence-corrected chi connectivity index (χ1v) is 10.4. The molecule has 0 aromatic heterocycles. The predicted octanol–water partition coefficient (Wildman–Crippen LogP) is 5.87. The van der Waals surface area contributed by atoms with Crippen molar-refractivity contribution >= 4 is 0 Å². The van der Waals surface area contributed by atoms with Crippen molar-refractivity contribution in [1.29, 1.82) is 0 Å². The molecular formula is C25H30O3. The topological polar surface area (TPSA) is 27.7 Å². The number of aryl methyl sites for hydroxylation is 1. The molecule has 1 fully saturated rings. The van der Waals surface area contributed by atoms with Crippen LogP contribution in [0.5, 0.6) is 11.5 Å². The molecule has 2 aromatic rings. The molecule has 0 radical (unpaired) electrons. The van der Waals surface area contributed by atoms with E-state index in [2.05, 4.69) is 24.8 Å². The van der Waals surface area contributed by atoms with Crippen molar-refractivity contribution < 1.29 is 14.2 Å². The summed E-state index contributed by atoms with van der Waals surface area (Å²) in [7, 11) is 0. The maximum Gasteiger partial charge on any atom is 0.199 e. The molecule has 1 unspecified atom stereocenters. The summed E-state index contributed by atoms with van der Waals surface area (Å²) >= 11 is 0. The lowest BCUT2D eigenvalue weighted by molar-refractivity contribution is -0.106. The molecule has 0 aliphatic carbocycles. The third-order valence-electron chi connectivity index (χ3n) is 4.79.